The van der Waals surface area contributed by atoms with Crippen LogP contribution >= 0.6 is 0 Å². The highest BCUT2D eigenvalue weighted by Gasteiger charge is 2.20. The average Bonchev–Trinajstić information content (AvgIpc) is 2.79. The summed E-state index contributed by atoms with van der Waals surface area (Å²) in [5.41, 5.74) is 6.96. The number of nitrogen functional groups attached to an aromatic ring is 1. The average molecular weight is 431 g/mol. The van der Waals surface area contributed by atoms with E-state index < -0.39 is 16.5 Å². The van der Waals surface area contributed by atoms with Gasteiger partial charge in [0.05, 0.1) is 28.7 Å². The van der Waals surface area contributed by atoms with Crippen LogP contribution in [0.4, 0.5) is 11.5 Å². The molecule has 0 aliphatic heterocycles. The number of pyridine rings is 1. The maximum atomic E-state index is 13.4. The van der Waals surface area contributed by atoms with Crippen LogP contribution in [0.15, 0.2) is 71.5 Å². The Bertz CT molecular complexity index is 1440. The lowest BCUT2D eigenvalue weighted by atomic mass is 9.98. The third-order valence-electron chi connectivity index (χ3n) is 5.14. The zero-order chi connectivity index (χ0) is 23.0. The lowest BCUT2D eigenvalue weighted by Gasteiger charge is -2.17. The topological polar surface area (TPSA) is 138 Å². The smallest absolute Gasteiger partial charge is 0.335 e. The number of nitro benzene ring substituents is 1. The van der Waals surface area contributed by atoms with E-state index in [0.717, 1.165) is 4.57 Å². The molecule has 0 aliphatic carbocycles. The van der Waals surface area contributed by atoms with Crippen molar-refractivity contribution in [3.8, 4) is 22.6 Å². The van der Waals surface area contributed by atoms with E-state index in [4.69, 9.17) is 10.5 Å². The Kier molecular flexibility index (Phi) is 5.07. The minimum atomic E-state index is -1.16. The molecule has 160 valence electrons. The van der Waals surface area contributed by atoms with Gasteiger partial charge in [-0.1, -0.05) is 18.2 Å². The number of carbonyl (C=O) groups is 1. The highest BCUT2D eigenvalue weighted by atomic mass is 16.6. The van der Waals surface area contributed by atoms with Crippen molar-refractivity contribution in [2.75, 3.05) is 12.8 Å². The Morgan fingerprint density at radius 1 is 1.06 bits per heavy atom. The van der Waals surface area contributed by atoms with E-state index in [1.54, 1.807) is 30.3 Å². The van der Waals surface area contributed by atoms with Crippen LogP contribution in [0, 0.1) is 10.1 Å². The molecule has 4 aromatic rings. The van der Waals surface area contributed by atoms with Crippen LogP contribution in [0.1, 0.15) is 10.4 Å². The van der Waals surface area contributed by atoms with Gasteiger partial charge in [0.2, 0.25) is 0 Å². The van der Waals surface area contributed by atoms with E-state index in [2.05, 4.69) is 0 Å². The molecule has 4 rings (SSSR count). The van der Waals surface area contributed by atoms with Crippen molar-refractivity contribution >= 4 is 28.2 Å². The Hall–Kier alpha value is -4.66. The molecular weight excluding hydrogens is 414 g/mol. The van der Waals surface area contributed by atoms with Crippen LogP contribution < -0.4 is 16.0 Å². The Balaban J connectivity index is 2.12. The molecule has 1 aromatic heterocycles. The number of non-ortho nitro benzene ring substituents is 1. The largest absolute Gasteiger partial charge is 0.497 e. The van der Waals surface area contributed by atoms with E-state index in [9.17, 15) is 24.8 Å². The first-order chi connectivity index (χ1) is 15.3. The summed E-state index contributed by atoms with van der Waals surface area (Å²) in [7, 11) is 1.54. The summed E-state index contributed by atoms with van der Waals surface area (Å²) in [4.78, 5) is 35.5. The van der Waals surface area contributed by atoms with Gasteiger partial charge < -0.3 is 15.6 Å². The van der Waals surface area contributed by atoms with Crippen molar-refractivity contribution in [3.05, 3.63) is 92.8 Å². The Labute approximate surface area is 181 Å². The van der Waals surface area contributed by atoms with Gasteiger partial charge in [-0.2, -0.15) is 0 Å². The number of methoxy groups -OCH3 is 1. The summed E-state index contributed by atoms with van der Waals surface area (Å²) in [6.45, 7) is 0. The molecule has 0 atom stereocenters. The number of aromatic carboxylic acids is 1. The highest BCUT2D eigenvalue weighted by Crippen LogP contribution is 2.35. The van der Waals surface area contributed by atoms with Crippen molar-refractivity contribution in [3.63, 3.8) is 0 Å². The summed E-state index contributed by atoms with van der Waals surface area (Å²) in [6, 6.07) is 16.7. The first kappa shape index (κ1) is 20.6. The van der Waals surface area contributed by atoms with Crippen LogP contribution in [-0.2, 0) is 0 Å². The van der Waals surface area contributed by atoms with Gasteiger partial charge in [0.1, 0.15) is 11.6 Å². The molecule has 3 aromatic carbocycles. The second kappa shape index (κ2) is 7.88. The number of ether oxygens (including phenoxy) is 1. The van der Waals surface area contributed by atoms with E-state index in [1.807, 2.05) is 0 Å². The molecule has 32 heavy (non-hydrogen) atoms. The molecule has 0 saturated carbocycles. The van der Waals surface area contributed by atoms with Crippen LogP contribution in [0.3, 0.4) is 0 Å². The van der Waals surface area contributed by atoms with Crippen LogP contribution in [0.2, 0.25) is 0 Å². The number of carboxylic acids is 1. The Morgan fingerprint density at radius 3 is 2.41 bits per heavy atom. The lowest BCUT2D eigenvalue weighted by Crippen LogP contribution is -2.23. The van der Waals surface area contributed by atoms with Crippen molar-refractivity contribution in [1.29, 1.82) is 0 Å². The normalized spacial score (nSPS) is 10.8. The molecule has 0 amide bonds. The van der Waals surface area contributed by atoms with Gasteiger partial charge in [-0.25, -0.2) is 4.79 Å². The standard InChI is InChI=1S/C23H17N3O6/c1-32-17-8-5-13(6-9-17)20-18-10-7-16(26(30)31)12-19(18)22(27)25(21(20)24)15-4-2-3-14(11-15)23(28)29/h2-12H,24H2,1H3,(H,28,29). The first-order valence-corrected chi connectivity index (χ1v) is 9.42. The molecule has 9 nitrogen and oxygen atoms in total. The quantitative estimate of drug-likeness (QED) is 0.361. The van der Waals surface area contributed by atoms with Crippen LogP contribution in [0.25, 0.3) is 27.6 Å². The number of hydrogen-bond acceptors (Lipinski definition) is 6. The number of nitrogens with zero attached hydrogens (tertiary/aromatic N) is 2. The summed E-state index contributed by atoms with van der Waals surface area (Å²) in [6.07, 6.45) is 0. The third-order valence-corrected chi connectivity index (χ3v) is 5.14. The fourth-order valence-corrected chi connectivity index (χ4v) is 3.62. The fraction of sp³-hybridized carbons (Fsp3) is 0.0435. The second-order valence-corrected chi connectivity index (χ2v) is 6.97. The Morgan fingerprint density at radius 2 is 1.78 bits per heavy atom. The van der Waals surface area contributed by atoms with Crippen molar-refractivity contribution < 1.29 is 19.6 Å². The fourth-order valence-electron chi connectivity index (χ4n) is 3.62. The number of fused-ring (bicyclic) bond motifs is 1. The van der Waals surface area contributed by atoms with Crippen LogP contribution in [0.5, 0.6) is 5.75 Å². The number of carboxylic acid groups (broad SMARTS) is 1. The van der Waals surface area contributed by atoms with Crippen molar-refractivity contribution in [1.82, 2.24) is 4.57 Å². The van der Waals surface area contributed by atoms with E-state index in [0.29, 0.717) is 22.3 Å². The molecule has 9 heteroatoms. The number of hydrogen-bond donors (Lipinski definition) is 2. The number of nitro groups is 1. The molecular formula is C23H17N3O6. The monoisotopic (exact) mass is 431 g/mol. The highest BCUT2D eigenvalue weighted by molar-refractivity contribution is 6.02. The molecule has 0 spiro atoms. The molecule has 0 saturated heterocycles. The van der Waals surface area contributed by atoms with Gasteiger partial charge >= 0.3 is 5.97 Å². The molecule has 0 aliphatic rings. The van der Waals surface area contributed by atoms with Gasteiger partial charge in [0.15, 0.2) is 0 Å². The predicted molar refractivity (Wildman–Crippen MR) is 120 cm³/mol. The van der Waals surface area contributed by atoms with Crippen LogP contribution in [-0.4, -0.2) is 27.7 Å². The summed E-state index contributed by atoms with van der Waals surface area (Å²) >= 11 is 0. The minimum Gasteiger partial charge on any atom is -0.497 e. The molecule has 0 fully saturated rings. The van der Waals surface area contributed by atoms with Gasteiger partial charge in [0, 0.05) is 17.7 Å². The third kappa shape index (κ3) is 3.41. The van der Waals surface area contributed by atoms with Crippen molar-refractivity contribution in [2.45, 2.75) is 0 Å². The maximum Gasteiger partial charge on any atom is 0.335 e. The first-order valence-electron chi connectivity index (χ1n) is 9.42. The SMILES string of the molecule is COc1ccc(-c2c(N)n(-c3cccc(C(=O)O)c3)c(=O)c3cc([N+](=O)[O-])ccc23)cc1. The summed E-state index contributed by atoms with van der Waals surface area (Å²) < 4.78 is 6.36. The van der Waals surface area contributed by atoms with E-state index in [1.165, 1.54) is 43.5 Å². The molecule has 3 N–H and O–H groups in total. The zero-order valence-electron chi connectivity index (χ0n) is 16.8. The number of aromatic nitrogens is 1. The lowest BCUT2D eigenvalue weighted by molar-refractivity contribution is -0.384. The maximum absolute atomic E-state index is 13.4. The summed E-state index contributed by atoms with van der Waals surface area (Å²) in [5, 5.41) is 21.2. The molecule has 0 bridgehead atoms. The van der Waals surface area contributed by atoms with E-state index >= 15 is 0 Å². The van der Waals surface area contributed by atoms with Gasteiger partial charge in [-0.05, 0) is 47.3 Å². The minimum absolute atomic E-state index is 0.0288. The number of anilines is 1. The predicted octanol–water partition coefficient (Wildman–Crippen LogP) is 3.85. The van der Waals surface area contributed by atoms with Crippen molar-refractivity contribution in [2.24, 2.45) is 0 Å². The number of benzene rings is 3. The van der Waals surface area contributed by atoms with Gasteiger partial charge in [0.25, 0.3) is 11.2 Å². The number of nitrogens with two attached hydrogens (primary N) is 1. The van der Waals surface area contributed by atoms with E-state index in [-0.39, 0.29) is 28.1 Å². The van der Waals surface area contributed by atoms with Gasteiger partial charge in [-0.3, -0.25) is 19.5 Å². The molecule has 1 heterocycles. The second-order valence-electron chi connectivity index (χ2n) is 6.97. The zero-order valence-corrected chi connectivity index (χ0v) is 16.8. The molecule has 0 unspecified atom stereocenters. The number of rotatable bonds is 5. The molecule has 0 radical (unpaired) electrons. The summed E-state index contributed by atoms with van der Waals surface area (Å²) in [5.74, 6) is -0.468. The van der Waals surface area contributed by atoms with Gasteiger partial charge in [-0.15, -0.1) is 0 Å².